The van der Waals surface area contributed by atoms with E-state index in [0.717, 1.165) is 88.1 Å². The second-order valence-electron chi connectivity index (χ2n) is 18.0. The second kappa shape index (κ2) is 16.6. The summed E-state index contributed by atoms with van der Waals surface area (Å²) in [5.41, 5.74) is 10.9. The Morgan fingerprint density at radius 2 is 1.88 bits per heavy atom. The average molecular weight is 825 g/mol. The van der Waals surface area contributed by atoms with E-state index in [1.807, 2.05) is 18.5 Å². The monoisotopic (exact) mass is 824 g/mol. The Morgan fingerprint density at radius 3 is 2.59 bits per heavy atom. The summed E-state index contributed by atoms with van der Waals surface area (Å²) >= 11 is 1.49. The van der Waals surface area contributed by atoms with Crippen molar-refractivity contribution >= 4 is 45.7 Å². The van der Waals surface area contributed by atoms with Crippen LogP contribution in [0.4, 0.5) is 5.69 Å². The van der Waals surface area contributed by atoms with Gasteiger partial charge in [-0.15, -0.1) is 11.3 Å². The van der Waals surface area contributed by atoms with Crippen molar-refractivity contribution in [2.45, 2.75) is 92.0 Å². The van der Waals surface area contributed by atoms with Crippen LogP contribution in [0.25, 0.3) is 33.4 Å². The summed E-state index contributed by atoms with van der Waals surface area (Å²) in [6.07, 6.45) is 3.77. The van der Waals surface area contributed by atoms with E-state index in [9.17, 15) is 14.4 Å². The molecule has 0 radical (unpaired) electrons. The molecule has 1 saturated carbocycles. The van der Waals surface area contributed by atoms with Gasteiger partial charge in [0.1, 0.15) is 12.1 Å². The van der Waals surface area contributed by atoms with E-state index in [-0.39, 0.29) is 54.7 Å². The van der Waals surface area contributed by atoms with Crippen LogP contribution in [0.5, 0.6) is 0 Å². The number of fused-ring (bicyclic) bond motifs is 6. The van der Waals surface area contributed by atoms with Gasteiger partial charge in [-0.05, 0) is 75.8 Å². The lowest BCUT2D eigenvalue weighted by molar-refractivity contribution is -0.155. The molecule has 4 aliphatic rings. The SMILES string of the molecule is CCn1c(-c2cc(N3CCN(C)CC3)cnc2[C@H](C)OC)c2c3cc(ccc31)-c1csc(n1)C[C@H](NC(=O)[C@H]1[C@H](C)[C@@H]1C)C(=O)N1CCC[C@H](N1)C(=O)OCC(C)(C)C2. The number of pyridine rings is 1. The molecule has 2 amide bonds. The first-order valence-corrected chi connectivity index (χ1v) is 22.3. The predicted molar refractivity (Wildman–Crippen MR) is 231 cm³/mol. The number of aromatic nitrogens is 3. The Balaban J connectivity index is 1.26. The van der Waals surface area contributed by atoms with Crippen molar-refractivity contribution < 1.29 is 23.9 Å². The van der Waals surface area contributed by atoms with E-state index in [1.54, 1.807) is 7.11 Å². The lowest BCUT2D eigenvalue weighted by Gasteiger charge is -2.35. The number of cyclic esters (lactones) is 1. The zero-order chi connectivity index (χ0) is 41.7. The smallest absolute Gasteiger partial charge is 0.324 e. The molecule has 6 heterocycles. The minimum absolute atomic E-state index is 0.112. The first-order valence-electron chi connectivity index (χ1n) is 21.4. The number of hydrogen-bond acceptors (Lipinski definition) is 11. The number of aryl methyl sites for hydroxylation is 1. The minimum atomic E-state index is -0.837. The molecule has 3 aromatic heterocycles. The fraction of sp³-hybridized carbons (Fsp3) is 0.578. The van der Waals surface area contributed by atoms with Gasteiger partial charge in [0, 0.05) is 91.5 Å². The number of likely N-dealkylation sites (N-methyl/N-ethyl adjacent to an activating group) is 1. The predicted octanol–water partition coefficient (Wildman–Crippen LogP) is 5.86. The Bertz CT molecular complexity index is 2220. The van der Waals surface area contributed by atoms with Crippen molar-refractivity contribution in [2.75, 3.05) is 58.4 Å². The molecule has 6 bridgehead atoms. The number of carbonyl (C=O) groups is 3. The van der Waals surface area contributed by atoms with Crippen LogP contribution in [-0.4, -0.2) is 108 Å². The largest absolute Gasteiger partial charge is 0.464 e. The van der Waals surface area contributed by atoms with Crippen molar-refractivity contribution in [1.82, 2.24) is 35.2 Å². The minimum Gasteiger partial charge on any atom is -0.464 e. The van der Waals surface area contributed by atoms with Crippen molar-refractivity contribution in [1.29, 1.82) is 0 Å². The fourth-order valence-corrected chi connectivity index (χ4v) is 10.1. The van der Waals surface area contributed by atoms with Crippen LogP contribution < -0.4 is 15.6 Å². The molecule has 1 aliphatic carbocycles. The summed E-state index contributed by atoms with van der Waals surface area (Å²) in [6, 6.07) is 7.33. The average Bonchev–Trinajstić information content (AvgIpc) is 3.50. The van der Waals surface area contributed by atoms with Crippen LogP contribution in [0.1, 0.15) is 76.8 Å². The molecule has 3 fully saturated rings. The molecule has 3 aliphatic heterocycles. The normalized spacial score (nSPS) is 25.7. The number of thiazole rings is 1. The molecule has 4 aromatic rings. The second-order valence-corrected chi connectivity index (χ2v) is 18.9. The summed E-state index contributed by atoms with van der Waals surface area (Å²) in [4.78, 5) is 56.5. The van der Waals surface area contributed by atoms with E-state index in [4.69, 9.17) is 19.4 Å². The molecule has 6 atom stereocenters. The van der Waals surface area contributed by atoms with Gasteiger partial charge in [-0.1, -0.05) is 33.8 Å². The van der Waals surface area contributed by atoms with Crippen molar-refractivity contribution in [3.63, 3.8) is 0 Å². The molecule has 316 valence electrons. The van der Waals surface area contributed by atoms with Gasteiger partial charge in [0.05, 0.1) is 46.7 Å². The Kier molecular flexibility index (Phi) is 11.6. The lowest BCUT2D eigenvalue weighted by atomic mass is 9.84. The highest BCUT2D eigenvalue weighted by Crippen LogP contribution is 2.46. The summed E-state index contributed by atoms with van der Waals surface area (Å²) in [5.74, 6) is -0.365. The summed E-state index contributed by atoms with van der Waals surface area (Å²) in [7, 11) is 3.89. The third-order valence-corrected chi connectivity index (χ3v) is 14.1. The van der Waals surface area contributed by atoms with Crippen LogP contribution in [0, 0.1) is 23.2 Å². The summed E-state index contributed by atoms with van der Waals surface area (Å²) in [6.45, 7) is 17.8. The van der Waals surface area contributed by atoms with Crippen molar-refractivity contribution in [3.8, 4) is 22.5 Å². The van der Waals surface area contributed by atoms with Gasteiger partial charge >= 0.3 is 5.97 Å². The Hall–Kier alpha value is -4.37. The number of rotatable bonds is 7. The maximum absolute atomic E-state index is 14.2. The maximum atomic E-state index is 14.2. The number of benzene rings is 1. The highest BCUT2D eigenvalue weighted by atomic mass is 32.1. The van der Waals surface area contributed by atoms with Crippen LogP contribution in [-0.2, 0) is 43.2 Å². The number of hydrazine groups is 1. The van der Waals surface area contributed by atoms with Crippen LogP contribution in [0.15, 0.2) is 35.8 Å². The number of nitrogens with zero attached hydrogens (tertiary/aromatic N) is 6. The first-order chi connectivity index (χ1) is 28.3. The number of amides is 2. The number of carbonyl (C=O) groups excluding carboxylic acids is 3. The van der Waals surface area contributed by atoms with Gasteiger partial charge in [0.2, 0.25) is 5.91 Å². The van der Waals surface area contributed by atoms with Gasteiger partial charge in [-0.2, -0.15) is 0 Å². The van der Waals surface area contributed by atoms with Gasteiger partial charge < -0.3 is 29.2 Å². The number of piperazine rings is 1. The fourth-order valence-electron chi connectivity index (χ4n) is 9.25. The van der Waals surface area contributed by atoms with E-state index in [0.29, 0.717) is 25.8 Å². The third-order valence-electron chi connectivity index (χ3n) is 13.2. The van der Waals surface area contributed by atoms with Gasteiger partial charge in [-0.25, -0.2) is 10.4 Å². The zero-order valence-electron chi connectivity index (χ0n) is 35.8. The van der Waals surface area contributed by atoms with Gasteiger partial charge in [0.15, 0.2) is 0 Å². The topological polar surface area (TPSA) is 134 Å². The number of esters is 1. The molecule has 2 N–H and O–H groups in total. The molecule has 14 heteroatoms. The molecule has 0 spiro atoms. The highest BCUT2D eigenvalue weighted by molar-refractivity contribution is 7.10. The molecule has 8 rings (SSSR count). The van der Waals surface area contributed by atoms with Gasteiger partial charge in [0.25, 0.3) is 5.91 Å². The quantitative estimate of drug-likeness (QED) is 0.219. The lowest BCUT2D eigenvalue weighted by Crippen LogP contribution is -2.60. The third kappa shape index (κ3) is 8.25. The molecule has 13 nitrogen and oxygen atoms in total. The van der Waals surface area contributed by atoms with Crippen LogP contribution in [0.3, 0.4) is 0 Å². The Labute approximate surface area is 351 Å². The molecular formula is C45H60N8O5S. The van der Waals surface area contributed by atoms with E-state index in [1.165, 1.54) is 16.3 Å². The number of hydrogen-bond donors (Lipinski definition) is 2. The summed E-state index contributed by atoms with van der Waals surface area (Å²) < 4.78 is 14.5. The van der Waals surface area contributed by atoms with Crippen LogP contribution in [0.2, 0.25) is 0 Å². The number of anilines is 1. The highest BCUT2D eigenvalue weighted by Gasteiger charge is 2.49. The molecule has 0 unspecified atom stereocenters. The van der Waals surface area contributed by atoms with E-state index in [2.05, 4.69) is 91.0 Å². The summed E-state index contributed by atoms with van der Waals surface area (Å²) in [5, 5.41) is 8.50. The van der Waals surface area contributed by atoms with Crippen molar-refractivity contribution in [2.24, 2.45) is 23.2 Å². The van der Waals surface area contributed by atoms with Crippen LogP contribution >= 0.6 is 11.3 Å². The molecule has 1 aromatic carbocycles. The molecular weight excluding hydrogens is 765 g/mol. The van der Waals surface area contributed by atoms with E-state index >= 15 is 0 Å². The number of methoxy groups -OCH3 is 1. The maximum Gasteiger partial charge on any atom is 0.324 e. The van der Waals surface area contributed by atoms with Crippen molar-refractivity contribution in [3.05, 3.63) is 52.1 Å². The molecule has 59 heavy (non-hydrogen) atoms. The molecule has 2 saturated heterocycles. The number of ether oxygens (including phenoxy) is 2. The Morgan fingerprint density at radius 1 is 1.12 bits per heavy atom. The van der Waals surface area contributed by atoms with Gasteiger partial charge in [-0.3, -0.25) is 24.4 Å². The van der Waals surface area contributed by atoms with E-state index < -0.39 is 17.5 Å². The number of nitrogens with one attached hydrogen (secondary N) is 2. The zero-order valence-corrected chi connectivity index (χ0v) is 36.7. The first kappa shape index (κ1) is 41.4. The standard InChI is InChI=1S/C45H60N8O5S/c1-9-52-37-13-12-29-19-31(37)33(41(52)32-20-30(23-46-40(32)28(4)57-8)51-17-15-50(7)16-18-51)22-45(5,6)25-58-44(56)34-11-10-14-53(49-34)43(55)35(21-38-47-36(29)24-59-38)48-42(54)39-26(2)27(39)3/h12-13,19-20,23-24,26-28,34-35,39,49H,9-11,14-18,21-22,25H2,1-8H3,(H,48,54)/t26-,27+,28-,34-,35-,39+/m0/s1.